The minimum absolute atomic E-state index is 0.136. The molecule has 0 saturated heterocycles. The summed E-state index contributed by atoms with van der Waals surface area (Å²) in [6.45, 7) is 0.357. The second-order valence-corrected chi connectivity index (χ2v) is 6.84. The van der Waals surface area contributed by atoms with Crippen LogP contribution in [0.5, 0.6) is 0 Å². The van der Waals surface area contributed by atoms with Gasteiger partial charge in [0.25, 0.3) is 0 Å². The molecule has 7 nitrogen and oxygen atoms in total. The second kappa shape index (κ2) is 5.54. The van der Waals surface area contributed by atoms with Gasteiger partial charge in [-0.05, 0) is 23.2 Å². The molecule has 9 heteroatoms. The van der Waals surface area contributed by atoms with Gasteiger partial charge in [-0.1, -0.05) is 18.2 Å². The zero-order chi connectivity index (χ0) is 15.7. The lowest BCUT2D eigenvalue weighted by atomic mass is 10.2. The summed E-state index contributed by atoms with van der Waals surface area (Å²) in [7, 11) is -3.35. The summed E-state index contributed by atoms with van der Waals surface area (Å²) in [5.41, 5.74) is 1.87. The van der Waals surface area contributed by atoms with Crippen LogP contribution in [0.2, 0.25) is 5.28 Å². The lowest BCUT2D eigenvalue weighted by molar-refractivity contribution is 0.606. The normalized spacial score (nSPS) is 11.7. The number of anilines is 1. The molecule has 0 aliphatic heterocycles. The molecule has 114 valence electrons. The van der Waals surface area contributed by atoms with Crippen LogP contribution in [0.3, 0.4) is 0 Å². The second-order valence-electron chi connectivity index (χ2n) is 4.75. The van der Waals surface area contributed by atoms with E-state index in [0.717, 1.165) is 17.2 Å². The quantitative estimate of drug-likeness (QED) is 0.734. The van der Waals surface area contributed by atoms with Gasteiger partial charge in [0.1, 0.15) is 0 Å². The first-order valence-electron chi connectivity index (χ1n) is 6.32. The minimum atomic E-state index is -3.35. The average Bonchev–Trinajstić information content (AvgIpc) is 2.82. The average molecular weight is 338 g/mol. The predicted molar refractivity (Wildman–Crippen MR) is 84.3 cm³/mol. The van der Waals surface area contributed by atoms with E-state index < -0.39 is 10.0 Å². The van der Waals surface area contributed by atoms with Crippen LogP contribution in [0.25, 0.3) is 11.0 Å². The number of para-hydroxylation sites is 1. The summed E-state index contributed by atoms with van der Waals surface area (Å²) >= 11 is 5.81. The highest BCUT2D eigenvalue weighted by atomic mass is 35.5. The summed E-state index contributed by atoms with van der Waals surface area (Å²) in [6.07, 6.45) is 4.34. The fraction of sp³-hybridized carbons (Fsp3) is 0.154. The van der Waals surface area contributed by atoms with Gasteiger partial charge in [0.05, 0.1) is 30.1 Å². The summed E-state index contributed by atoms with van der Waals surface area (Å²) in [6, 6.07) is 7.11. The van der Waals surface area contributed by atoms with Crippen molar-refractivity contribution in [1.82, 2.24) is 19.7 Å². The lowest BCUT2D eigenvalue weighted by Gasteiger charge is -2.11. The number of hydrogen-bond donors (Lipinski definition) is 1. The molecule has 0 bridgehead atoms. The molecule has 0 spiro atoms. The van der Waals surface area contributed by atoms with Gasteiger partial charge in [0.2, 0.25) is 15.3 Å². The molecule has 0 fully saturated rings. The third-order valence-corrected chi connectivity index (χ3v) is 3.75. The molecule has 22 heavy (non-hydrogen) atoms. The number of rotatable bonds is 4. The molecule has 0 aliphatic rings. The van der Waals surface area contributed by atoms with Gasteiger partial charge >= 0.3 is 0 Å². The van der Waals surface area contributed by atoms with Gasteiger partial charge < -0.3 is 0 Å². The fourth-order valence-corrected chi connectivity index (χ4v) is 2.81. The largest absolute Gasteiger partial charge is 0.283 e. The van der Waals surface area contributed by atoms with Crippen molar-refractivity contribution in [1.29, 1.82) is 0 Å². The first-order chi connectivity index (χ1) is 10.4. The van der Waals surface area contributed by atoms with Crippen molar-refractivity contribution in [3.05, 3.63) is 47.5 Å². The highest BCUT2D eigenvalue weighted by Gasteiger charge is 2.11. The third kappa shape index (κ3) is 3.18. The first-order valence-corrected chi connectivity index (χ1v) is 8.59. The Hall–Kier alpha value is -2.19. The van der Waals surface area contributed by atoms with Crippen molar-refractivity contribution in [2.24, 2.45) is 0 Å². The molecule has 0 amide bonds. The molecule has 3 aromatic rings. The van der Waals surface area contributed by atoms with E-state index in [1.54, 1.807) is 29.2 Å². The summed E-state index contributed by atoms with van der Waals surface area (Å²) in [4.78, 5) is 8.06. The molecule has 0 saturated carbocycles. The Morgan fingerprint density at radius 3 is 2.82 bits per heavy atom. The molecular formula is C13H12ClN5O2S. The van der Waals surface area contributed by atoms with Gasteiger partial charge in [-0.25, -0.2) is 18.1 Å². The van der Waals surface area contributed by atoms with Crippen LogP contribution in [-0.2, 0) is 16.6 Å². The summed E-state index contributed by atoms with van der Waals surface area (Å²) in [5.74, 6) is 0. The zero-order valence-corrected chi connectivity index (χ0v) is 13.1. The molecule has 3 rings (SSSR count). The topological polar surface area (TPSA) is 89.8 Å². The van der Waals surface area contributed by atoms with Crippen LogP contribution in [-0.4, -0.2) is 34.4 Å². The monoisotopic (exact) mass is 337 g/mol. The van der Waals surface area contributed by atoms with E-state index in [-0.39, 0.29) is 5.28 Å². The Bertz CT molecular complexity index is 939. The van der Waals surface area contributed by atoms with Crippen LogP contribution >= 0.6 is 11.6 Å². The van der Waals surface area contributed by atoms with Crippen LogP contribution in [0.1, 0.15) is 5.56 Å². The molecular weight excluding hydrogens is 326 g/mol. The number of benzene rings is 1. The Morgan fingerprint density at radius 2 is 2.05 bits per heavy atom. The van der Waals surface area contributed by atoms with Crippen LogP contribution in [0.4, 0.5) is 5.69 Å². The number of sulfonamides is 1. The summed E-state index contributed by atoms with van der Waals surface area (Å²) in [5, 5.41) is 5.15. The smallest absolute Gasteiger partial charge is 0.229 e. The molecule has 1 N–H and O–H groups in total. The highest BCUT2D eigenvalue weighted by molar-refractivity contribution is 7.92. The number of hydrogen-bond acceptors (Lipinski definition) is 5. The van der Waals surface area contributed by atoms with Gasteiger partial charge in [-0.15, -0.1) is 0 Å². The molecule has 0 aliphatic carbocycles. The maximum absolute atomic E-state index is 11.4. The molecule has 2 aromatic heterocycles. The molecule has 2 heterocycles. The number of aromatic nitrogens is 4. The Morgan fingerprint density at radius 1 is 1.27 bits per heavy atom. The standard InChI is InChI=1S/C13H12ClN5O2S/c1-22(20,21)18-11-5-3-2-4-9(11)8-19-12-10(7-16-19)6-15-13(14)17-12/h2-7,18H,8H2,1H3. The van der Waals surface area contributed by atoms with Crippen molar-refractivity contribution < 1.29 is 8.42 Å². The van der Waals surface area contributed by atoms with E-state index in [1.165, 1.54) is 0 Å². The zero-order valence-electron chi connectivity index (χ0n) is 11.6. The fourth-order valence-electron chi connectivity index (χ4n) is 2.08. The van der Waals surface area contributed by atoms with Crippen molar-refractivity contribution in [3.63, 3.8) is 0 Å². The molecule has 1 aromatic carbocycles. The van der Waals surface area contributed by atoms with E-state index in [1.807, 2.05) is 12.1 Å². The van der Waals surface area contributed by atoms with Crippen molar-refractivity contribution >= 4 is 38.3 Å². The van der Waals surface area contributed by atoms with E-state index in [2.05, 4.69) is 19.8 Å². The highest BCUT2D eigenvalue weighted by Crippen LogP contribution is 2.20. The van der Waals surface area contributed by atoms with Crippen LogP contribution in [0, 0.1) is 0 Å². The van der Waals surface area contributed by atoms with Crippen LogP contribution < -0.4 is 4.72 Å². The van der Waals surface area contributed by atoms with Gasteiger partial charge in [-0.3, -0.25) is 4.72 Å². The number of nitrogens with zero attached hydrogens (tertiary/aromatic N) is 4. The van der Waals surface area contributed by atoms with E-state index in [0.29, 0.717) is 17.9 Å². The van der Waals surface area contributed by atoms with Crippen molar-refractivity contribution in [2.75, 3.05) is 11.0 Å². The Balaban J connectivity index is 2.00. The van der Waals surface area contributed by atoms with E-state index >= 15 is 0 Å². The van der Waals surface area contributed by atoms with Gasteiger partial charge in [0.15, 0.2) is 5.65 Å². The maximum Gasteiger partial charge on any atom is 0.229 e. The van der Waals surface area contributed by atoms with E-state index in [4.69, 9.17) is 11.6 Å². The molecule has 0 radical (unpaired) electrons. The molecule has 0 atom stereocenters. The first kappa shape index (κ1) is 14.7. The van der Waals surface area contributed by atoms with Crippen LogP contribution in [0.15, 0.2) is 36.7 Å². The SMILES string of the molecule is CS(=O)(=O)Nc1ccccc1Cn1ncc2cnc(Cl)nc21. The van der Waals surface area contributed by atoms with Crippen molar-refractivity contribution in [2.45, 2.75) is 6.54 Å². The van der Waals surface area contributed by atoms with Crippen molar-refractivity contribution in [3.8, 4) is 0 Å². The molecule has 0 unspecified atom stereocenters. The maximum atomic E-state index is 11.4. The summed E-state index contributed by atoms with van der Waals surface area (Å²) < 4.78 is 27.0. The van der Waals surface area contributed by atoms with Gasteiger partial charge in [-0.2, -0.15) is 10.1 Å². The third-order valence-electron chi connectivity index (χ3n) is 2.98. The lowest BCUT2D eigenvalue weighted by Crippen LogP contribution is -2.13. The number of halogens is 1. The number of nitrogens with one attached hydrogen (secondary N) is 1. The van der Waals surface area contributed by atoms with Gasteiger partial charge in [0, 0.05) is 6.20 Å². The predicted octanol–water partition coefficient (Wildman–Crippen LogP) is 1.90. The number of fused-ring (bicyclic) bond motifs is 1. The Kier molecular flexibility index (Phi) is 3.71. The minimum Gasteiger partial charge on any atom is -0.283 e. The Labute approximate surface area is 132 Å². The van der Waals surface area contributed by atoms with E-state index in [9.17, 15) is 8.42 Å².